The van der Waals surface area contributed by atoms with Crippen LogP contribution in [0.2, 0.25) is 0 Å². The van der Waals surface area contributed by atoms with Crippen molar-refractivity contribution in [2.24, 2.45) is 11.8 Å². The number of hydrogen-bond acceptors (Lipinski definition) is 1. The van der Waals surface area contributed by atoms with Crippen molar-refractivity contribution in [1.29, 1.82) is 0 Å². The van der Waals surface area contributed by atoms with Crippen LogP contribution in [0.1, 0.15) is 56.6 Å². The van der Waals surface area contributed by atoms with E-state index in [2.05, 4.69) is 13.5 Å². The maximum Gasteiger partial charge on any atom is 0.356 e. The molecule has 23 heavy (non-hydrogen) atoms. The molecule has 0 aliphatic heterocycles. The zero-order valence-corrected chi connectivity index (χ0v) is 14.1. The molecule has 1 saturated carbocycles. The molecule has 0 atom stereocenters. The topological polar surface area (TPSA) is 9.23 Å². The second kappa shape index (κ2) is 8.58. The van der Waals surface area contributed by atoms with E-state index in [-0.39, 0.29) is 18.9 Å². The van der Waals surface area contributed by atoms with E-state index in [1.54, 1.807) is 0 Å². The Morgan fingerprint density at radius 1 is 1.13 bits per heavy atom. The highest BCUT2D eigenvalue weighted by Crippen LogP contribution is 2.36. The van der Waals surface area contributed by atoms with Crippen LogP contribution in [0.4, 0.5) is 8.78 Å². The average molecular weight is 322 g/mol. The molecule has 1 aromatic rings. The van der Waals surface area contributed by atoms with Gasteiger partial charge in [-0.25, -0.2) is 0 Å². The van der Waals surface area contributed by atoms with Gasteiger partial charge in [0.15, 0.2) is 0 Å². The summed E-state index contributed by atoms with van der Waals surface area (Å²) in [5.41, 5.74) is 2.04. The SMILES string of the molecule is C=CC1CCC(CC(F)(F)OCc2ccc(CCC)cc2)CC1. The van der Waals surface area contributed by atoms with Crippen LogP contribution in [0.5, 0.6) is 0 Å². The number of aryl methyl sites for hydroxylation is 1. The first-order chi connectivity index (χ1) is 11.0. The standard InChI is InChI=1S/C20H28F2O/c1-3-5-17-8-12-19(13-9-17)15-23-20(21,22)14-18-10-6-16(4-2)7-11-18/h4,8-9,12-13,16,18H,2-3,5-7,10-11,14-15H2,1H3. The highest BCUT2D eigenvalue weighted by molar-refractivity contribution is 5.22. The third kappa shape index (κ3) is 6.06. The molecule has 1 aromatic carbocycles. The predicted molar refractivity (Wildman–Crippen MR) is 90.4 cm³/mol. The molecular formula is C20H28F2O. The first kappa shape index (κ1) is 18.1. The summed E-state index contributed by atoms with van der Waals surface area (Å²) in [6.45, 7) is 5.89. The number of hydrogen-bond donors (Lipinski definition) is 0. The van der Waals surface area contributed by atoms with E-state index in [1.807, 2.05) is 30.3 Å². The summed E-state index contributed by atoms with van der Waals surface area (Å²) in [6, 6.07) is 7.76. The molecule has 0 unspecified atom stereocenters. The zero-order chi connectivity index (χ0) is 16.7. The lowest BCUT2D eigenvalue weighted by Crippen LogP contribution is -2.26. The van der Waals surface area contributed by atoms with Crippen LogP contribution < -0.4 is 0 Å². The van der Waals surface area contributed by atoms with E-state index < -0.39 is 6.11 Å². The molecule has 2 rings (SSSR count). The van der Waals surface area contributed by atoms with Crippen LogP contribution in [-0.2, 0) is 17.8 Å². The van der Waals surface area contributed by atoms with Crippen molar-refractivity contribution >= 4 is 0 Å². The Labute approximate surface area is 138 Å². The third-order valence-electron chi connectivity index (χ3n) is 4.76. The maximum atomic E-state index is 14.0. The lowest BCUT2D eigenvalue weighted by molar-refractivity contribution is -0.256. The van der Waals surface area contributed by atoms with Crippen LogP contribution in [0.3, 0.4) is 0 Å². The van der Waals surface area contributed by atoms with Crippen LogP contribution in [0, 0.1) is 11.8 Å². The summed E-state index contributed by atoms with van der Waals surface area (Å²) >= 11 is 0. The molecule has 0 aromatic heterocycles. The number of alkyl halides is 2. The molecule has 1 nitrogen and oxygen atoms in total. The zero-order valence-electron chi connectivity index (χ0n) is 14.1. The Morgan fingerprint density at radius 2 is 1.74 bits per heavy atom. The smallest absolute Gasteiger partial charge is 0.316 e. The lowest BCUT2D eigenvalue weighted by Gasteiger charge is -2.29. The Balaban J connectivity index is 1.78. The van der Waals surface area contributed by atoms with E-state index in [1.165, 1.54) is 5.56 Å². The average Bonchev–Trinajstić information content (AvgIpc) is 2.55. The van der Waals surface area contributed by atoms with Crippen molar-refractivity contribution in [2.45, 2.75) is 64.6 Å². The Bertz CT molecular complexity index is 473. The molecule has 1 aliphatic carbocycles. The van der Waals surface area contributed by atoms with Gasteiger partial charge in [-0.2, -0.15) is 8.78 Å². The first-order valence-corrected chi connectivity index (χ1v) is 8.74. The Hall–Kier alpha value is -1.22. The normalized spacial score (nSPS) is 22.0. The first-order valence-electron chi connectivity index (χ1n) is 8.74. The second-order valence-corrected chi connectivity index (χ2v) is 6.71. The largest absolute Gasteiger partial charge is 0.356 e. The second-order valence-electron chi connectivity index (χ2n) is 6.71. The van der Waals surface area contributed by atoms with Gasteiger partial charge in [-0.1, -0.05) is 43.7 Å². The molecule has 1 fully saturated rings. The number of allylic oxidation sites excluding steroid dienone is 1. The highest BCUT2D eigenvalue weighted by atomic mass is 19.3. The molecule has 128 valence electrons. The number of rotatable bonds is 8. The number of ether oxygens (including phenoxy) is 1. The van der Waals surface area contributed by atoms with Gasteiger partial charge in [0.05, 0.1) is 6.61 Å². The van der Waals surface area contributed by atoms with Crippen molar-refractivity contribution in [3.8, 4) is 0 Å². The van der Waals surface area contributed by atoms with E-state index >= 15 is 0 Å². The molecule has 1 aliphatic rings. The summed E-state index contributed by atoms with van der Waals surface area (Å²) in [7, 11) is 0. The molecule has 0 amide bonds. The summed E-state index contributed by atoms with van der Waals surface area (Å²) in [6.07, 6.45) is 4.51. The highest BCUT2D eigenvalue weighted by Gasteiger charge is 2.35. The fraction of sp³-hybridized carbons (Fsp3) is 0.600. The van der Waals surface area contributed by atoms with Gasteiger partial charge >= 0.3 is 6.11 Å². The van der Waals surface area contributed by atoms with Gasteiger partial charge in [0.2, 0.25) is 0 Å². The molecule has 0 spiro atoms. The molecular weight excluding hydrogens is 294 g/mol. The van der Waals surface area contributed by atoms with Crippen molar-refractivity contribution in [2.75, 3.05) is 0 Å². The number of benzene rings is 1. The van der Waals surface area contributed by atoms with Gasteiger partial charge in [0.25, 0.3) is 0 Å². The van der Waals surface area contributed by atoms with Crippen molar-refractivity contribution < 1.29 is 13.5 Å². The minimum atomic E-state index is -3.03. The van der Waals surface area contributed by atoms with E-state index in [4.69, 9.17) is 4.74 Å². The summed E-state index contributed by atoms with van der Waals surface area (Å²) in [4.78, 5) is 0. The van der Waals surface area contributed by atoms with Gasteiger partial charge in [0, 0.05) is 6.42 Å². The van der Waals surface area contributed by atoms with Crippen LogP contribution >= 0.6 is 0 Å². The number of halogens is 2. The van der Waals surface area contributed by atoms with Crippen LogP contribution in [0.15, 0.2) is 36.9 Å². The summed E-state index contributed by atoms with van der Waals surface area (Å²) < 4.78 is 33.0. The molecule has 0 N–H and O–H groups in total. The van der Waals surface area contributed by atoms with Crippen LogP contribution in [0.25, 0.3) is 0 Å². The summed E-state index contributed by atoms with van der Waals surface area (Å²) in [5.74, 6) is 0.565. The fourth-order valence-electron chi connectivity index (χ4n) is 3.30. The van der Waals surface area contributed by atoms with Crippen molar-refractivity contribution in [1.82, 2.24) is 0 Å². The third-order valence-corrected chi connectivity index (χ3v) is 4.76. The molecule has 0 radical (unpaired) electrons. The minimum Gasteiger partial charge on any atom is -0.316 e. The molecule has 0 saturated heterocycles. The van der Waals surface area contributed by atoms with Gasteiger partial charge < -0.3 is 4.74 Å². The predicted octanol–water partition coefficient (Wildman–Crippen LogP) is 6.13. The quantitative estimate of drug-likeness (QED) is 0.523. The monoisotopic (exact) mass is 322 g/mol. The van der Waals surface area contributed by atoms with E-state index in [0.717, 1.165) is 44.1 Å². The lowest BCUT2D eigenvalue weighted by atomic mass is 9.80. The Morgan fingerprint density at radius 3 is 2.30 bits per heavy atom. The van der Waals surface area contributed by atoms with Crippen molar-refractivity contribution in [3.05, 3.63) is 48.0 Å². The molecule has 0 heterocycles. The van der Waals surface area contributed by atoms with Gasteiger partial charge in [0.1, 0.15) is 0 Å². The van der Waals surface area contributed by atoms with Crippen LogP contribution in [-0.4, -0.2) is 6.11 Å². The minimum absolute atomic E-state index is 0.0264. The molecule has 0 bridgehead atoms. The van der Waals surface area contributed by atoms with E-state index in [9.17, 15) is 8.78 Å². The van der Waals surface area contributed by atoms with Gasteiger partial charge in [-0.05, 0) is 55.1 Å². The van der Waals surface area contributed by atoms with E-state index in [0.29, 0.717) is 5.92 Å². The van der Waals surface area contributed by atoms with Crippen molar-refractivity contribution in [3.63, 3.8) is 0 Å². The van der Waals surface area contributed by atoms with Gasteiger partial charge in [-0.15, -0.1) is 6.58 Å². The summed E-state index contributed by atoms with van der Waals surface area (Å²) in [5, 5.41) is 0. The van der Waals surface area contributed by atoms with Gasteiger partial charge in [-0.3, -0.25) is 0 Å². The maximum absolute atomic E-state index is 14.0. The molecule has 3 heteroatoms. The Kier molecular flexibility index (Phi) is 6.76. The fourth-order valence-corrected chi connectivity index (χ4v) is 3.30.